The minimum atomic E-state index is -0.459. The van der Waals surface area contributed by atoms with Gasteiger partial charge in [0.1, 0.15) is 0 Å². The van der Waals surface area contributed by atoms with E-state index in [1.165, 1.54) is 0 Å². The van der Waals surface area contributed by atoms with E-state index in [-0.39, 0.29) is 11.8 Å². The predicted molar refractivity (Wildman–Crippen MR) is 95.2 cm³/mol. The first-order valence-corrected chi connectivity index (χ1v) is 9.69. The summed E-state index contributed by atoms with van der Waals surface area (Å²) >= 11 is 0. The highest BCUT2D eigenvalue weighted by molar-refractivity contribution is 6.00. The van der Waals surface area contributed by atoms with E-state index in [4.69, 9.17) is 9.47 Å². The highest BCUT2D eigenvalue weighted by atomic mass is 16.7. The van der Waals surface area contributed by atoms with Gasteiger partial charge in [-0.25, -0.2) is 0 Å². The molecule has 6 heteroatoms. The first kappa shape index (κ1) is 16.3. The maximum Gasteiger partial charge on any atom is 0.253 e. The molecule has 1 aromatic carbocycles. The lowest BCUT2D eigenvalue weighted by Gasteiger charge is -2.38. The number of amides is 2. The van der Waals surface area contributed by atoms with Gasteiger partial charge in [0.2, 0.25) is 5.91 Å². The van der Waals surface area contributed by atoms with E-state index in [1.54, 1.807) is 0 Å². The summed E-state index contributed by atoms with van der Waals surface area (Å²) < 4.78 is 11.5. The number of rotatable bonds is 1. The zero-order chi connectivity index (χ0) is 17.7. The quantitative estimate of drug-likeness (QED) is 0.771. The van der Waals surface area contributed by atoms with Gasteiger partial charge in [0.05, 0.1) is 18.9 Å². The van der Waals surface area contributed by atoms with Gasteiger partial charge in [0.15, 0.2) is 5.79 Å². The van der Waals surface area contributed by atoms with Crippen molar-refractivity contribution in [2.24, 2.45) is 0 Å². The Morgan fingerprint density at radius 2 is 1.65 bits per heavy atom. The first-order valence-electron chi connectivity index (χ1n) is 9.69. The molecule has 6 nitrogen and oxygen atoms in total. The molecule has 0 atom stereocenters. The predicted octanol–water partition coefficient (Wildman–Crippen LogP) is 1.89. The van der Waals surface area contributed by atoms with Crippen LogP contribution in [0.4, 0.5) is 5.69 Å². The topological polar surface area (TPSA) is 59.1 Å². The third kappa shape index (κ3) is 2.55. The van der Waals surface area contributed by atoms with E-state index in [2.05, 4.69) is 0 Å². The Morgan fingerprint density at radius 3 is 2.38 bits per heavy atom. The highest BCUT2D eigenvalue weighted by Gasteiger charge is 2.41. The number of hydrogen-bond donors (Lipinski definition) is 0. The fraction of sp³-hybridized carbons (Fsp3) is 0.600. The summed E-state index contributed by atoms with van der Waals surface area (Å²) in [5.74, 6) is -0.152. The number of piperidine rings is 1. The van der Waals surface area contributed by atoms with Crippen LogP contribution in [0.25, 0.3) is 0 Å². The molecule has 0 saturated carbocycles. The number of benzene rings is 1. The molecule has 0 aliphatic carbocycles. The summed E-state index contributed by atoms with van der Waals surface area (Å²) in [5.41, 5.74) is 4.15. The number of nitrogens with zero attached hydrogens (tertiary/aromatic N) is 2. The fourth-order valence-electron chi connectivity index (χ4n) is 4.80. The molecule has 26 heavy (non-hydrogen) atoms. The monoisotopic (exact) mass is 356 g/mol. The van der Waals surface area contributed by atoms with Gasteiger partial charge in [-0.2, -0.15) is 0 Å². The molecule has 4 heterocycles. The first-order chi connectivity index (χ1) is 12.7. The van der Waals surface area contributed by atoms with E-state index in [0.717, 1.165) is 61.0 Å². The van der Waals surface area contributed by atoms with Gasteiger partial charge < -0.3 is 19.3 Å². The van der Waals surface area contributed by atoms with E-state index in [0.29, 0.717) is 32.7 Å². The summed E-state index contributed by atoms with van der Waals surface area (Å²) in [6.07, 6.45) is 4.67. The minimum absolute atomic E-state index is 0.0888. The molecule has 4 aliphatic heterocycles. The molecule has 1 spiro atoms. The molecular weight excluding hydrogens is 332 g/mol. The molecule has 4 aliphatic rings. The molecule has 2 amide bonds. The Hall–Kier alpha value is -1.92. The van der Waals surface area contributed by atoms with Crippen LogP contribution in [0.2, 0.25) is 0 Å². The number of carbonyl (C=O) groups is 2. The Morgan fingerprint density at radius 1 is 0.962 bits per heavy atom. The number of aryl methyl sites for hydroxylation is 2. The van der Waals surface area contributed by atoms with Crippen molar-refractivity contribution in [1.29, 1.82) is 0 Å². The van der Waals surface area contributed by atoms with Crippen LogP contribution in [0.5, 0.6) is 0 Å². The van der Waals surface area contributed by atoms with Crippen LogP contribution >= 0.6 is 0 Å². The molecule has 5 rings (SSSR count). The summed E-state index contributed by atoms with van der Waals surface area (Å²) in [5, 5.41) is 0. The summed E-state index contributed by atoms with van der Waals surface area (Å²) in [6.45, 7) is 3.43. The van der Waals surface area contributed by atoms with Crippen molar-refractivity contribution >= 4 is 17.5 Å². The van der Waals surface area contributed by atoms with Crippen LogP contribution in [-0.4, -0.2) is 55.3 Å². The number of ether oxygens (including phenoxy) is 2. The van der Waals surface area contributed by atoms with E-state index in [1.807, 2.05) is 21.9 Å². The van der Waals surface area contributed by atoms with Crippen LogP contribution < -0.4 is 4.90 Å². The molecule has 2 fully saturated rings. The molecule has 2 saturated heterocycles. The maximum absolute atomic E-state index is 13.1. The standard InChI is InChI=1S/C20H24N2O4/c23-17-4-3-15-13-16(12-14-2-1-7-22(17)18(14)15)19(24)21-8-5-20(6-9-21)25-10-11-26-20/h12-13H,1-11H2. The zero-order valence-corrected chi connectivity index (χ0v) is 15.0. The van der Waals surface area contributed by atoms with Gasteiger partial charge in [-0.15, -0.1) is 0 Å². The van der Waals surface area contributed by atoms with E-state index in [9.17, 15) is 9.59 Å². The maximum atomic E-state index is 13.1. The van der Waals surface area contributed by atoms with Crippen LogP contribution in [0.15, 0.2) is 12.1 Å². The van der Waals surface area contributed by atoms with Crippen molar-refractivity contribution in [3.05, 3.63) is 28.8 Å². The zero-order valence-electron chi connectivity index (χ0n) is 15.0. The lowest BCUT2D eigenvalue weighted by atomic mass is 9.89. The third-order valence-electron chi connectivity index (χ3n) is 6.15. The van der Waals surface area contributed by atoms with E-state index >= 15 is 0 Å². The molecule has 0 N–H and O–H groups in total. The molecule has 0 aromatic heterocycles. The fourth-order valence-corrected chi connectivity index (χ4v) is 4.80. The molecule has 0 radical (unpaired) electrons. The number of carbonyl (C=O) groups excluding carboxylic acids is 2. The Kier molecular flexibility index (Phi) is 3.79. The second kappa shape index (κ2) is 6.06. The van der Waals surface area contributed by atoms with Crippen molar-refractivity contribution in [1.82, 2.24) is 4.90 Å². The lowest BCUT2D eigenvalue weighted by molar-refractivity contribution is -0.181. The number of likely N-dealkylation sites (tertiary alicyclic amines) is 1. The van der Waals surface area contributed by atoms with Crippen molar-refractivity contribution in [3.8, 4) is 0 Å². The largest absolute Gasteiger partial charge is 0.347 e. The van der Waals surface area contributed by atoms with Gasteiger partial charge in [0.25, 0.3) is 5.91 Å². The smallest absolute Gasteiger partial charge is 0.253 e. The van der Waals surface area contributed by atoms with Gasteiger partial charge in [-0.1, -0.05) is 0 Å². The Labute approximate surface area is 153 Å². The van der Waals surface area contributed by atoms with Crippen LogP contribution in [-0.2, 0) is 27.1 Å². The third-order valence-corrected chi connectivity index (χ3v) is 6.15. The van der Waals surface area contributed by atoms with Crippen molar-refractivity contribution in [2.75, 3.05) is 37.7 Å². The summed E-state index contributed by atoms with van der Waals surface area (Å²) in [4.78, 5) is 29.1. The van der Waals surface area contributed by atoms with Crippen molar-refractivity contribution in [2.45, 2.75) is 44.3 Å². The molecule has 0 unspecified atom stereocenters. The molecule has 138 valence electrons. The van der Waals surface area contributed by atoms with Gasteiger partial charge >= 0.3 is 0 Å². The summed E-state index contributed by atoms with van der Waals surface area (Å²) in [6, 6.07) is 4.03. The normalized spacial score (nSPS) is 24.1. The van der Waals surface area contributed by atoms with Crippen LogP contribution in [0, 0.1) is 0 Å². The van der Waals surface area contributed by atoms with E-state index < -0.39 is 5.79 Å². The van der Waals surface area contributed by atoms with Gasteiger partial charge in [-0.05, 0) is 42.5 Å². The second-order valence-electron chi connectivity index (χ2n) is 7.69. The highest BCUT2D eigenvalue weighted by Crippen LogP contribution is 2.37. The SMILES string of the molecule is O=C(c1cc2c3c(c1)CCC(=O)N3CCC2)N1CCC2(CC1)OCCO2. The second-order valence-corrected chi connectivity index (χ2v) is 7.69. The van der Waals surface area contributed by atoms with Crippen LogP contribution in [0.3, 0.4) is 0 Å². The lowest BCUT2D eigenvalue weighted by Crippen LogP contribution is -2.47. The van der Waals surface area contributed by atoms with Gasteiger partial charge in [0, 0.05) is 44.5 Å². The van der Waals surface area contributed by atoms with Crippen molar-refractivity contribution in [3.63, 3.8) is 0 Å². The number of hydrogen-bond acceptors (Lipinski definition) is 4. The Balaban J connectivity index is 1.39. The average Bonchev–Trinajstić information content (AvgIpc) is 3.12. The Bertz CT molecular complexity index is 742. The van der Waals surface area contributed by atoms with Crippen LogP contribution in [0.1, 0.15) is 47.2 Å². The average molecular weight is 356 g/mol. The van der Waals surface area contributed by atoms with Gasteiger partial charge in [-0.3, -0.25) is 9.59 Å². The molecule has 1 aromatic rings. The summed E-state index contributed by atoms with van der Waals surface area (Å²) in [7, 11) is 0. The minimum Gasteiger partial charge on any atom is -0.347 e. The number of anilines is 1. The molecular formula is C20H24N2O4. The molecule has 0 bridgehead atoms. The van der Waals surface area contributed by atoms with Crippen molar-refractivity contribution < 1.29 is 19.1 Å².